The van der Waals surface area contributed by atoms with E-state index in [1.165, 1.54) is 19.2 Å². The number of carbonyl (C=O) groups excluding carboxylic acids is 3. The molecule has 0 atom stereocenters. The van der Waals surface area contributed by atoms with Crippen LogP contribution in [0.5, 0.6) is 0 Å². The van der Waals surface area contributed by atoms with Crippen molar-refractivity contribution < 1.29 is 24.0 Å². The van der Waals surface area contributed by atoms with E-state index in [9.17, 15) is 24.5 Å². The predicted octanol–water partition coefficient (Wildman–Crippen LogP) is 2.22. The van der Waals surface area contributed by atoms with Gasteiger partial charge in [0.1, 0.15) is 5.69 Å². The minimum absolute atomic E-state index is 0.0510. The Kier molecular flexibility index (Phi) is 7.67. The molecule has 2 rings (SSSR count). The lowest BCUT2D eigenvalue weighted by atomic mass is 10.1. The van der Waals surface area contributed by atoms with Crippen molar-refractivity contribution in [3.8, 4) is 0 Å². The number of rotatable bonds is 8. The van der Waals surface area contributed by atoms with Gasteiger partial charge in [-0.1, -0.05) is 17.7 Å². The summed E-state index contributed by atoms with van der Waals surface area (Å²) in [5.41, 5.74) is 1.68. The number of anilines is 2. The lowest BCUT2D eigenvalue weighted by Crippen LogP contribution is -2.37. The summed E-state index contributed by atoms with van der Waals surface area (Å²) in [5, 5.41) is 13.9. The van der Waals surface area contributed by atoms with Crippen LogP contribution in [0.1, 0.15) is 15.9 Å². The quantitative estimate of drug-likeness (QED) is 0.389. The largest absolute Gasteiger partial charge is 0.452 e. The third kappa shape index (κ3) is 6.53. The highest BCUT2D eigenvalue weighted by Crippen LogP contribution is 2.27. The molecule has 0 saturated carbocycles. The summed E-state index contributed by atoms with van der Waals surface area (Å²) in [7, 11) is 4.69. The second-order valence-corrected chi connectivity index (χ2v) is 7.10. The predicted molar refractivity (Wildman–Crippen MR) is 115 cm³/mol. The van der Waals surface area contributed by atoms with Gasteiger partial charge in [0.15, 0.2) is 6.61 Å². The summed E-state index contributed by atoms with van der Waals surface area (Å²) in [6, 6.07) is 11.1. The molecular weight excluding hydrogens is 404 g/mol. The number of carbonyl (C=O) groups is 3. The number of esters is 1. The standard InChI is InChI=1S/C21H24N4O6/c1-14-5-8-16(9-6-14)22-19(26)12-24(4)20(27)13-31-21(28)15-7-10-17(23(2)3)18(11-15)25(29)30/h5-11H,12-13H2,1-4H3,(H,22,26). The van der Waals surface area contributed by atoms with Gasteiger partial charge in [-0.25, -0.2) is 4.79 Å². The van der Waals surface area contributed by atoms with Crippen LogP contribution >= 0.6 is 0 Å². The Bertz CT molecular complexity index is 988. The fourth-order valence-corrected chi connectivity index (χ4v) is 2.64. The highest BCUT2D eigenvalue weighted by Gasteiger charge is 2.21. The Morgan fingerprint density at radius 1 is 1.06 bits per heavy atom. The van der Waals surface area contributed by atoms with Gasteiger partial charge >= 0.3 is 5.97 Å². The van der Waals surface area contributed by atoms with Gasteiger partial charge in [0, 0.05) is 32.9 Å². The zero-order valence-electron chi connectivity index (χ0n) is 17.7. The first-order valence-electron chi connectivity index (χ1n) is 9.32. The third-order valence-electron chi connectivity index (χ3n) is 4.36. The van der Waals surface area contributed by atoms with Crippen LogP contribution in [0.15, 0.2) is 42.5 Å². The van der Waals surface area contributed by atoms with Crippen molar-refractivity contribution in [3.63, 3.8) is 0 Å². The summed E-state index contributed by atoms with van der Waals surface area (Å²) in [6.07, 6.45) is 0. The molecule has 0 fully saturated rings. The van der Waals surface area contributed by atoms with E-state index < -0.39 is 29.3 Å². The molecular formula is C21H24N4O6. The maximum atomic E-state index is 12.2. The number of nitro benzene ring substituents is 1. The van der Waals surface area contributed by atoms with Gasteiger partial charge in [-0.15, -0.1) is 0 Å². The van der Waals surface area contributed by atoms with E-state index in [0.29, 0.717) is 11.4 Å². The molecule has 0 unspecified atom stereocenters. The van der Waals surface area contributed by atoms with Gasteiger partial charge in [0.25, 0.3) is 11.6 Å². The molecule has 2 amide bonds. The van der Waals surface area contributed by atoms with Gasteiger partial charge in [-0.3, -0.25) is 19.7 Å². The summed E-state index contributed by atoms with van der Waals surface area (Å²) >= 11 is 0. The second-order valence-electron chi connectivity index (χ2n) is 7.10. The fraction of sp³-hybridized carbons (Fsp3) is 0.286. The van der Waals surface area contributed by atoms with E-state index in [4.69, 9.17) is 4.74 Å². The van der Waals surface area contributed by atoms with Crippen LogP contribution in [0, 0.1) is 17.0 Å². The van der Waals surface area contributed by atoms with Crippen LogP contribution in [-0.4, -0.2) is 61.9 Å². The average Bonchev–Trinajstić information content (AvgIpc) is 2.72. The number of likely N-dealkylation sites (N-methyl/N-ethyl adjacent to an activating group) is 1. The molecule has 10 nitrogen and oxygen atoms in total. The minimum atomic E-state index is -0.876. The van der Waals surface area contributed by atoms with Crippen LogP contribution in [0.4, 0.5) is 17.1 Å². The van der Waals surface area contributed by atoms with Crippen molar-refractivity contribution in [3.05, 3.63) is 63.7 Å². The zero-order valence-corrected chi connectivity index (χ0v) is 17.7. The molecule has 0 heterocycles. The SMILES string of the molecule is Cc1ccc(NC(=O)CN(C)C(=O)COC(=O)c2ccc(N(C)C)c([N+](=O)[O-])c2)cc1. The van der Waals surface area contributed by atoms with Crippen molar-refractivity contribution >= 4 is 34.8 Å². The Morgan fingerprint density at radius 3 is 2.29 bits per heavy atom. The number of aryl methyl sites for hydroxylation is 1. The normalized spacial score (nSPS) is 10.2. The number of hydrogen-bond donors (Lipinski definition) is 1. The number of benzene rings is 2. The molecule has 0 radical (unpaired) electrons. The van der Waals surface area contributed by atoms with Crippen molar-refractivity contribution in [2.45, 2.75) is 6.92 Å². The number of nitro groups is 1. The maximum absolute atomic E-state index is 12.2. The minimum Gasteiger partial charge on any atom is -0.452 e. The van der Waals surface area contributed by atoms with Gasteiger partial charge in [-0.05, 0) is 31.2 Å². The number of amides is 2. The van der Waals surface area contributed by atoms with E-state index in [1.54, 1.807) is 31.1 Å². The van der Waals surface area contributed by atoms with E-state index >= 15 is 0 Å². The molecule has 31 heavy (non-hydrogen) atoms. The summed E-state index contributed by atoms with van der Waals surface area (Å²) in [4.78, 5) is 49.8. The van der Waals surface area contributed by atoms with Crippen molar-refractivity contribution in [2.75, 3.05) is 44.5 Å². The van der Waals surface area contributed by atoms with Gasteiger partial charge in [0.2, 0.25) is 5.91 Å². The maximum Gasteiger partial charge on any atom is 0.338 e. The Hall–Kier alpha value is -3.95. The van der Waals surface area contributed by atoms with E-state index in [1.807, 2.05) is 19.1 Å². The first-order chi connectivity index (χ1) is 14.6. The highest BCUT2D eigenvalue weighted by molar-refractivity contribution is 5.96. The van der Waals surface area contributed by atoms with E-state index in [2.05, 4.69) is 5.32 Å². The van der Waals surface area contributed by atoms with Crippen molar-refractivity contribution in [1.82, 2.24) is 4.90 Å². The van der Waals surface area contributed by atoms with Gasteiger partial charge in [0.05, 0.1) is 17.0 Å². The van der Waals surface area contributed by atoms with Crippen LogP contribution < -0.4 is 10.2 Å². The van der Waals surface area contributed by atoms with Crippen molar-refractivity contribution in [1.29, 1.82) is 0 Å². The summed E-state index contributed by atoms with van der Waals surface area (Å²) in [6.45, 7) is 1.10. The zero-order chi connectivity index (χ0) is 23.1. The van der Waals surface area contributed by atoms with Crippen molar-refractivity contribution in [2.24, 2.45) is 0 Å². The number of hydrogen-bond acceptors (Lipinski definition) is 7. The molecule has 0 aliphatic heterocycles. The highest BCUT2D eigenvalue weighted by atomic mass is 16.6. The first kappa shape index (κ1) is 23.3. The third-order valence-corrected chi connectivity index (χ3v) is 4.36. The fourth-order valence-electron chi connectivity index (χ4n) is 2.64. The molecule has 0 spiro atoms. The topological polar surface area (TPSA) is 122 Å². The van der Waals surface area contributed by atoms with Crippen LogP contribution in [0.2, 0.25) is 0 Å². The molecule has 0 aliphatic carbocycles. The second kappa shape index (κ2) is 10.2. The van der Waals surface area contributed by atoms with Gasteiger partial charge in [-0.2, -0.15) is 0 Å². The molecule has 0 bridgehead atoms. The van der Waals surface area contributed by atoms with Gasteiger partial charge < -0.3 is 19.9 Å². The molecule has 0 aliphatic rings. The first-order valence-corrected chi connectivity index (χ1v) is 9.32. The average molecular weight is 428 g/mol. The number of nitrogens with one attached hydrogen (secondary N) is 1. The molecule has 1 N–H and O–H groups in total. The number of ether oxygens (including phenoxy) is 1. The molecule has 10 heteroatoms. The van der Waals surface area contributed by atoms with Crippen LogP contribution in [-0.2, 0) is 14.3 Å². The molecule has 0 aromatic heterocycles. The Balaban J connectivity index is 1.91. The molecule has 164 valence electrons. The van der Waals surface area contributed by atoms with E-state index in [0.717, 1.165) is 16.5 Å². The van der Waals surface area contributed by atoms with E-state index in [-0.39, 0.29) is 17.8 Å². The van der Waals surface area contributed by atoms with Crippen LogP contribution in [0.25, 0.3) is 0 Å². The summed E-state index contributed by atoms with van der Waals surface area (Å²) in [5.74, 6) is -1.87. The Morgan fingerprint density at radius 2 is 1.71 bits per heavy atom. The molecule has 2 aromatic carbocycles. The lowest BCUT2D eigenvalue weighted by Gasteiger charge is -2.17. The lowest BCUT2D eigenvalue weighted by molar-refractivity contribution is -0.384. The monoisotopic (exact) mass is 428 g/mol. The molecule has 2 aromatic rings. The summed E-state index contributed by atoms with van der Waals surface area (Å²) < 4.78 is 4.96. The van der Waals surface area contributed by atoms with Crippen LogP contribution in [0.3, 0.4) is 0 Å². The Labute approximate surface area is 179 Å². The smallest absolute Gasteiger partial charge is 0.338 e. The molecule has 0 saturated heterocycles. The number of nitrogens with zero attached hydrogens (tertiary/aromatic N) is 3.